The number of anilines is 1. The minimum absolute atomic E-state index is 0.0146. The van der Waals surface area contributed by atoms with Gasteiger partial charge < -0.3 is 15.7 Å². The number of nitrogens with one attached hydrogen (secondary N) is 2. The minimum Gasteiger partial charge on any atom is -0.508 e. The molecule has 0 saturated heterocycles. The van der Waals surface area contributed by atoms with Gasteiger partial charge in [0.05, 0.1) is 11.1 Å². The highest BCUT2D eigenvalue weighted by Crippen LogP contribution is 2.33. The predicted octanol–water partition coefficient (Wildman–Crippen LogP) is 4.93. The molecule has 0 heterocycles. The van der Waals surface area contributed by atoms with Crippen molar-refractivity contribution >= 4 is 17.5 Å². The van der Waals surface area contributed by atoms with Gasteiger partial charge in [0, 0.05) is 18.7 Å². The van der Waals surface area contributed by atoms with Crippen molar-refractivity contribution in [3.8, 4) is 16.9 Å². The van der Waals surface area contributed by atoms with E-state index in [1.165, 1.54) is 37.3 Å². The van der Waals surface area contributed by atoms with Crippen LogP contribution in [0.3, 0.4) is 0 Å². The highest BCUT2D eigenvalue weighted by Gasteiger charge is 2.30. The number of hydrogen-bond acceptors (Lipinski definition) is 3. The lowest BCUT2D eigenvalue weighted by Crippen LogP contribution is -2.33. The van der Waals surface area contributed by atoms with Crippen molar-refractivity contribution in [2.75, 3.05) is 5.32 Å². The normalized spacial score (nSPS) is 15.1. The molecule has 0 bridgehead atoms. The number of hydrogen-bond donors (Lipinski definition) is 3. The molecule has 5 nitrogen and oxygen atoms in total. The summed E-state index contributed by atoms with van der Waals surface area (Å²) in [6.45, 7) is 1.47. The average Bonchev–Trinajstić information content (AvgIpc) is 3.14. The Morgan fingerprint density at radius 2 is 1.64 bits per heavy atom. The molecule has 4 rings (SSSR count). The molecule has 1 aliphatic carbocycles. The van der Waals surface area contributed by atoms with E-state index < -0.39 is 17.6 Å². The van der Waals surface area contributed by atoms with E-state index in [9.17, 15) is 27.9 Å². The highest BCUT2D eigenvalue weighted by atomic mass is 19.4. The number of amides is 2. The van der Waals surface area contributed by atoms with Crippen LogP contribution >= 0.6 is 0 Å². The quantitative estimate of drug-likeness (QED) is 0.523. The number of rotatable bonds is 4. The Hall–Kier alpha value is -3.81. The van der Waals surface area contributed by atoms with Crippen LogP contribution in [-0.4, -0.2) is 23.0 Å². The third-order valence-corrected chi connectivity index (χ3v) is 5.58. The summed E-state index contributed by atoms with van der Waals surface area (Å²) in [7, 11) is 0. The molecule has 0 aromatic heterocycles. The number of phenols is 1. The van der Waals surface area contributed by atoms with Crippen LogP contribution in [0, 0.1) is 0 Å². The maximum atomic E-state index is 13.0. The van der Waals surface area contributed by atoms with Gasteiger partial charge in [-0.2, -0.15) is 13.2 Å². The van der Waals surface area contributed by atoms with E-state index in [-0.39, 0.29) is 23.3 Å². The lowest BCUT2D eigenvalue weighted by molar-refractivity contribution is -0.137. The van der Waals surface area contributed by atoms with E-state index in [1.54, 1.807) is 6.07 Å². The molecule has 0 aliphatic heterocycles. The molecule has 1 unspecified atom stereocenters. The van der Waals surface area contributed by atoms with Crippen molar-refractivity contribution in [2.45, 2.75) is 32.0 Å². The lowest BCUT2D eigenvalue weighted by atomic mass is 9.97. The maximum absolute atomic E-state index is 13.0. The van der Waals surface area contributed by atoms with Crippen molar-refractivity contribution in [1.82, 2.24) is 5.32 Å². The second-order valence-corrected chi connectivity index (χ2v) is 8.05. The standard InChI is InChI=1S/C25H21F3N2O3/c1-14(31)29-20-10-16-4-7-19(11-17(16)12-20)30-24(33)23-13-21(32)8-9-22(23)15-2-5-18(6-3-15)25(26,27)28/h2-9,11,13,20,32H,10,12H2,1H3,(H,29,31)(H,30,33). The summed E-state index contributed by atoms with van der Waals surface area (Å²) >= 11 is 0. The van der Waals surface area contributed by atoms with Crippen LogP contribution in [0.2, 0.25) is 0 Å². The van der Waals surface area contributed by atoms with Gasteiger partial charge in [0.25, 0.3) is 5.91 Å². The molecule has 0 saturated carbocycles. The summed E-state index contributed by atoms with van der Waals surface area (Å²) in [6.07, 6.45) is -3.09. The molecule has 0 radical (unpaired) electrons. The number of benzene rings is 3. The van der Waals surface area contributed by atoms with Gasteiger partial charge >= 0.3 is 6.18 Å². The van der Waals surface area contributed by atoms with E-state index in [4.69, 9.17) is 0 Å². The van der Waals surface area contributed by atoms with Gasteiger partial charge in [0.15, 0.2) is 0 Å². The summed E-state index contributed by atoms with van der Waals surface area (Å²) in [5, 5.41) is 15.6. The van der Waals surface area contributed by atoms with E-state index in [0.29, 0.717) is 29.7 Å². The molecular formula is C25H21F3N2O3. The van der Waals surface area contributed by atoms with E-state index in [0.717, 1.165) is 23.3 Å². The van der Waals surface area contributed by atoms with Gasteiger partial charge in [0.1, 0.15) is 5.75 Å². The Balaban J connectivity index is 1.58. The van der Waals surface area contributed by atoms with Crippen molar-refractivity contribution < 1.29 is 27.9 Å². The first kappa shape index (κ1) is 22.4. The second-order valence-electron chi connectivity index (χ2n) is 8.05. The monoisotopic (exact) mass is 454 g/mol. The topological polar surface area (TPSA) is 78.4 Å². The Bertz CT molecular complexity index is 1220. The number of fused-ring (bicyclic) bond motifs is 1. The molecule has 33 heavy (non-hydrogen) atoms. The Morgan fingerprint density at radius 3 is 2.30 bits per heavy atom. The molecule has 0 spiro atoms. The molecule has 8 heteroatoms. The van der Waals surface area contributed by atoms with Crippen molar-refractivity contribution in [3.63, 3.8) is 0 Å². The Morgan fingerprint density at radius 1 is 0.939 bits per heavy atom. The van der Waals surface area contributed by atoms with Crippen LogP contribution in [0.15, 0.2) is 60.7 Å². The summed E-state index contributed by atoms with van der Waals surface area (Å²) < 4.78 is 38.7. The zero-order valence-electron chi connectivity index (χ0n) is 17.7. The first-order valence-electron chi connectivity index (χ1n) is 10.3. The molecule has 1 atom stereocenters. The van der Waals surface area contributed by atoms with Gasteiger partial charge in [-0.25, -0.2) is 0 Å². The van der Waals surface area contributed by atoms with E-state index in [1.807, 2.05) is 12.1 Å². The SMILES string of the molecule is CC(=O)NC1Cc2ccc(NC(=O)c3cc(O)ccc3-c3ccc(C(F)(F)F)cc3)cc2C1. The fourth-order valence-corrected chi connectivity index (χ4v) is 4.09. The average molecular weight is 454 g/mol. The zero-order chi connectivity index (χ0) is 23.8. The first-order valence-corrected chi connectivity index (χ1v) is 10.3. The number of halogens is 3. The molecule has 3 N–H and O–H groups in total. The minimum atomic E-state index is -4.46. The largest absolute Gasteiger partial charge is 0.508 e. The van der Waals surface area contributed by atoms with Gasteiger partial charge in [-0.3, -0.25) is 9.59 Å². The second kappa shape index (κ2) is 8.61. The molecule has 1 aliphatic rings. The number of alkyl halides is 3. The maximum Gasteiger partial charge on any atom is 0.416 e. The van der Waals surface area contributed by atoms with Gasteiger partial charge in [-0.1, -0.05) is 18.2 Å². The number of phenolic OH excluding ortho intramolecular Hbond substituents is 1. The van der Waals surface area contributed by atoms with Crippen LogP contribution in [0.25, 0.3) is 11.1 Å². The molecule has 3 aromatic carbocycles. The summed E-state index contributed by atoms with van der Waals surface area (Å²) in [5.74, 6) is -0.735. The van der Waals surface area contributed by atoms with Crippen LogP contribution < -0.4 is 10.6 Å². The van der Waals surface area contributed by atoms with E-state index in [2.05, 4.69) is 10.6 Å². The Labute approximate surface area is 188 Å². The fourth-order valence-electron chi connectivity index (χ4n) is 4.09. The Kier molecular flexibility index (Phi) is 5.84. The number of aromatic hydroxyl groups is 1. The van der Waals surface area contributed by atoms with Crippen molar-refractivity contribution in [3.05, 3.63) is 82.9 Å². The van der Waals surface area contributed by atoms with Crippen LogP contribution in [0.5, 0.6) is 5.75 Å². The predicted molar refractivity (Wildman–Crippen MR) is 118 cm³/mol. The summed E-state index contributed by atoms with van der Waals surface area (Å²) in [4.78, 5) is 24.4. The van der Waals surface area contributed by atoms with Crippen molar-refractivity contribution in [2.24, 2.45) is 0 Å². The third kappa shape index (κ3) is 5.00. The van der Waals surface area contributed by atoms with Gasteiger partial charge in [-0.15, -0.1) is 0 Å². The molecule has 170 valence electrons. The molecule has 0 fully saturated rings. The fraction of sp³-hybridized carbons (Fsp3) is 0.200. The highest BCUT2D eigenvalue weighted by molar-refractivity contribution is 6.09. The number of carbonyl (C=O) groups excluding carboxylic acids is 2. The van der Waals surface area contributed by atoms with Gasteiger partial charge in [-0.05, 0) is 77.6 Å². The van der Waals surface area contributed by atoms with Crippen molar-refractivity contribution in [1.29, 1.82) is 0 Å². The van der Waals surface area contributed by atoms with E-state index >= 15 is 0 Å². The third-order valence-electron chi connectivity index (χ3n) is 5.58. The zero-order valence-corrected chi connectivity index (χ0v) is 17.7. The number of carbonyl (C=O) groups is 2. The lowest BCUT2D eigenvalue weighted by Gasteiger charge is -2.13. The summed E-state index contributed by atoms with van der Waals surface area (Å²) in [5.41, 5.74) is 2.81. The molecule has 2 amide bonds. The van der Waals surface area contributed by atoms with Crippen LogP contribution in [0.4, 0.5) is 18.9 Å². The van der Waals surface area contributed by atoms with Gasteiger partial charge in [0.2, 0.25) is 5.91 Å². The van der Waals surface area contributed by atoms with Crippen LogP contribution in [-0.2, 0) is 23.8 Å². The molecule has 3 aromatic rings. The summed E-state index contributed by atoms with van der Waals surface area (Å²) in [6, 6.07) is 14.2. The smallest absolute Gasteiger partial charge is 0.416 e. The first-order chi connectivity index (χ1) is 15.6. The van der Waals surface area contributed by atoms with Crippen LogP contribution in [0.1, 0.15) is 34.0 Å². The molecular weight excluding hydrogens is 433 g/mol.